The van der Waals surface area contributed by atoms with Gasteiger partial charge in [-0.25, -0.2) is 9.78 Å². The highest BCUT2D eigenvalue weighted by atomic mass is 16.1. The number of aromatic nitrogens is 2. The van der Waals surface area contributed by atoms with Crippen LogP contribution in [0.3, 0.4) is 0 Å². The van der Waals surface area contributed by atoms with Crippen LogP contribution in [0.4, 0.5) is 5.82 Å². The molecule has 82 valence electrons. The number of nitrogen functional groups attached to an aromatic ring is 1. The van der Waals surface area contributed by atoms with Crippen molar-refractivity contribution in [2.24, 2.45) is 5.73 Å². The molecule has 15 heavy (non-hydrogen) atoms. The quantitative estimate of drug-likeness (QED) is 0.613. The molecule has 1 heterocycles. The van der Waals surface area contributed by atoms with Gasteiger partial charge < -0.3 is 11.5 Å². The number of rotatable bonds is 5. The van der Waals surface area contributed by atoms with Crippen LogP contribution < -0.4 is 17.2 Å². The maximum atomic E-state index is 10.8. The highest BCUT2D eigenvalue weighted by molar-refractivity contribution is 5.59. The third kappa shape index (κ3) is 3.95. The van der Waals surface area contributed by atoms with Gasteiger partial charge in [-0.1, -0.05) is 12.2 Å². The van der Waals surface area contributed by atoms with E-state index in [4.69, 9.17) is 11.5 Å². The molecule has 0 aliphatic heterocycles. The van der Waals surface area contributed by atoms with E-state index in [1.54, 1.807) is 0 Å². The molecule has 5 N–H and O–H groups in total. The molecule has 0 aliphatic carbocycles. The second-order valence-corrected chi connectivity index (χ2v) is 3.24. The molecule has 0 saturated heterocycles. The minimum absolute atomic E-state index is 0.352. The average molecular weight is 208 g/mol. The first kappa shape index (κ1) is 11.5. The number of hydrogen-bond acceptors (Lipinski definition) is 4. The molecule has 0 saturated carbocycles. The molecule has 0 bridgehead atoms. The van der Waals surface area contributed by atoms with Gasteiger partial charge in [-0.3, -0.25) is 4.98 Å². The largest absolute Gasteiger partial charge is 0.385 e. The summed E-state index contributed by atoms with van der Waals surface area (Å²) in [5, 5.41) is 0. The summed E-state index contributed by atoms with van der Waals surface area (Å²) in [6.07, 6.45) is 8.35. The van der Waals surface area contributed by atoms with Gasteiger partial charge in [-0.15, -0.1) is 0 Å². The number of H-pyrrole nitrogens is 1. The van der Waals surface area contributed by atoms with Crippen molar-refractivity contribution >= 4 is 11.9 Å². The summed E-state index contributed by atoms with van der Waals surface area (Å²) in [6, 6.07) is 0. The fourth-order valence-electron chi connectivity index (χ4n) is 1.17. The highest BCUT2D eigenvalue weighted by Crippen LogP contribution is 2.07. The van der Waals surface area contributed by atoms with Crippen molar-refractivity contribution in [2.45, 2.75) is 19.3 Å². The Kier molecular flexibility index (Phi) is 4.56. The zero-order valence-electron chi connectivity index (χ0n) is 8.57. The first-order valence-electron chi connectivity index (χ1n) is 4.95. The molecule has 0 amide bonds. The van der Waals surface area contributed by atoms with Crippen LogP contribution >= 0.6 is 0 Å². The first-order valence-corrected chi connectivity index (χ1v) is 4.95. The molecule has 0 fully saturated rings. The molecular formula is C10H16N4O. The molecule has 0 radical (unpaired) electrons. The van der Waals surface area contributed by atoms with Gasteiger partial charge >= 0.3 is 5.69 Å². The lowest BCUT2D eigenvalue weighted by atomic mass is 10.2. The van der Waals surface area contributed by atoms with E-state index in [1.165, 1.54) is 6.20 Å². The lowest BCUT2D eigenvalue weighted by Crippen LogP contribution is -2.12. The number of hydrogen-bond donors (Lipinski definition) is 3. The van der Waals surface area contributed by atoms with Crippen LogP contribution in [-0.2, 0) is 0 Å². The Hall–Kier alpha value is -1.62. The van der Waals surface area contributed by atoms with Crippen molar-refractivity contribution in [3.05, 3.63) is 28.3 Å². The average Bonchev–Trinajstić information content (AvgIpc) is 2.20. The van der Waals surface area contributed by atoms with Crippen LogP contribution in [0, 0.1) is 0 Å². The van der Waals surface area contributed by atoms with Crippen LogP contribution in [0.25, 0.3) is 6.08 Å². The fraction of sp³-hybridized carbons (Fsp3) is 0.400. The van der Waals surface area contributed by atoms with Crippen LogP contribution in [0.15, 0.2) is 17.1 Å². The van der Waals surface area contributed by atoms with E-state index >= 15 is 0 Å². The highest BCUT2D eigenvalue weighted by Gasteiger charge is 1.95. The van der Waals surface area contributed by atoms with Crippen molar-refractivity contribution < 1.29 is 0 Å². The van der Waals surface area contributed by atoms with Crippen LogP contribution in [0.2, 0.25) is 0 Å². The molecule has 0 atom stereocenters. The second-order valence-electron chi connectivity index (χ2n) is 3.24. The summed E-state index contributed by atoms with van der Waals surface area (Å²) in [4.78, 5) is 16.8. The van der Waals surface area contributed by atoms with Crippen LogP contribution in [-0.4, -0.2) is 16.5 Å². The van der Waals surface area contributed by atoms with Gasteiger partial charge in [0.05, 0.1) is 0 Å². The smallest absolute Gasteiger partial charge is 0.346 e. The topological polar surface area (TPSA) is 97.8 Å². The van der Waals surface area contributed by atoms with Gasteiger partial charge in [-0.05, 0) is 25.8 Å². The SMILES string of the molecule is NCCCCC=Cc1cnc(=O)[nH]c1N. The Balaban J connectivity index is 2.53. The zero-order chi connectivity index (χ0) is 11.1. The van der Waals surface area contributed by atoms with Crippen molar-refractivity contribution in [1.82, 2.24) is 9.97 Å². The standard InChI is InChI=1S/C10H16N4O/c11-6-4-2-1-3-5-8-7-13-10(15)14-9(8)12/h3,5,7H,1-2,4,6,11H2,(H3,12,13,14,15). The van der Waals surface area contributed by atoms with E-state index in [1.807, 2.05) is 12.2 Å². The summed E-state index contributed by atoms with van der Waals surface area (Å²) in [6.45, 7) is 0.718. The van der Waals surface area contributed by atoms with E-state index in [-0.39, 0.29) is 0 Å². The summed E-state index contributed by atoms with van der Waals surface area (Å²) in [5.41, 5.74) is 11.3. The molecule has 0 aromatic carbocycles. The van der Waals surface area contributed by atoms with Gasteiger partial charge in [0.25, 0.3) is 0 Å². The van der Waals surface area contributed by atoms with E-state index in [0.717, 1.165) is 31.4 Å². The predicted octanol–water partition coefficient (Wildman–Crippen LogP) is 0.494. The number of nitrogens with zero attached hydrogens (tertiary/aromatic N) is 1. The van der Waals surface area contributed by atoms with Gasteiger partial charge in [0.2, 0.25) is 0 Å². The number of aromatic amines is 1. The second kappa shape index (κ2) is 5.98. The molecule has 0 aliphatic rings. The minimum Gasteiger partial charge on any atom is -0.385 e. The van der Waals surface area contributed by atoms with Gasteiger partial charge in [0, 0.05) is 11.8 Å². The van der Waals surface area contributed by atoms with E-state index in [9.17, 15) is 4.79 Å². The first-order chi connectivity index (χ1) is 7.24. The van der Waals surface area contributed by atoms with E-state index < -0.39 is 5.69 Å². The van der Waals surface area contributed by atoms with Crippen molar-refractivity contribution in [2.75, 3.05) is 12.3 Å². The normalized spacial score (nSPS) is 11.0. The van der Waals surface area contributed by atoms with Crippen LogP contribution in [0.5, 0.6) is 0 Å². The fourth-order valence-corrected chi connectivity index (χ4v) is 1.17. The van der Waals surface area contributed by atoms with Gasteiger partial charge in [-0.2, -0.15) is 0 Å². The van der Waals surface area contributed by atoms with Gasteiger partial charge in [0.15, 0.2) is 0 Å². The molecule has 0 unspecified atom stereocenters. The summed E-state index contributed by atoms with van der Waals surface area (Å²) in [5.74, 6) is 0.352. The van der Waals surface area contributed by atoms with Gasteiger partial charge in [0.1, 0.15) is 5.82 Å². The van der Waals surface area contributed by atoms with Crippen molar-refractivity contribution in [3.63, 3.8) is 0 Å². The zero-order valence-corrected chi connectivity index (χ0v) is 8.57. The molecule has 5 heteroatoms. The third-order valence-corrected chi connectivity index (χ3v) is 2.00. The maximum Gasteiger partial charge on any atom is 0.346 e. The predicted molar refractivity (Wildman–Crippen MR) is 61.2 cm³/mol. The van der Waals surface area contributed by atoms with Crippen LogP contribution in [0.1, 0.15) is 24.8 Å². The van der Waals surface area contributed by atoms with E-state index in [0.29, 0.717) is 5.82 Å². The Bertz CT molecular complexity index is 383. The lowest BCUT2D eigenvalue weighted by molar-refractivity contribution is 0.759. The minimum atomic E-state index is -0.423. The molecule has 0 spiro atoms. The summed E-state index contributed by atoms with van der Waals surface area (Å²) < 4.78 is 0. The Morgan fingerprint density at radius 3 is 2.93 bits per heavy atom. The number of anilines is 1. The number of nitrogens with two attached hydrogens (primary N) is 2. The third-order valence-electron chi connectivity index (χ3n) is 2.00. The molecule has 1 aromatic rings. The molecule has 1 aromatic heterocycles. The lowest BCUT2D eigenvalue weighted by Gasteiger charge is -1.97. The Morgan fingerprint density at radius 2 is 2.27 bits per heavy atom. The Morgan fingerprint density at radius 1 is 1.47 bits per heavy atom. The van der Waals surface area contributed by atoms with Crippen molar-refractivity contribution in [1.29, 1.82) is 0 Å². The molecule has 5 nitrogen and oxygen atoms in total. The van der Waals surface area contributed by atoms with Crippen molar-refractivity contribution in [3.8, 4) is 0 Å². The maximum absolute atomic E-state index is 10.8. The monoisotopic (exact) mass is 208 g/mol. The van der Waals surface area contributed by atoms with E-state index in [2.05, 4.69) is 9.97 Å². The number of unbranched alkanes of at least 4 members (excludes halogenated alkanes) is 2. The molecular weight excluding hydrogens is 192 g/mol. The Labute approximate surface area is 88.2 Å². The summed E-state index contributed by atoms with van der Waals surface area (Å²) >= 11 is 0. The summed E-state index contributed by atoms with van der Waals surface area (Å²) in [7, 11) is 0. The number of nitrogens with one attached hydrogen (secondary N) is 1. The number of allylic oxidation sites excluding steroid dienone is 1. The molecule has 1 rings (SSSR count).